The fraction of sp³-hybridized carbons (Fsp3) is 0.625. The van der Waals surface area contributed by atoms with E-state index in [1.54, 1.807) is 0 Å². The maximum Gasteiger partial charge on any atom is 0.0945 e. The number of aryl methyl sites for hydroxylation is 1. The van der Waals surface area contributed by atoms with Crippen molar-refractivity contribution < 1.29 is 0 Å². The Balaban J connectivity index is 2.32. The normalized spacial score (nSPS) is 10.4. The van der Waals surface area contributed by atoms with Crippen LogP contribution in [0.3, 0.4) is 0 Å². The summed E-state index contributed by atoms with van der Waals surface area (Å²) in [5.74, 6) is 0. The summed E-state index contributed by atoms with van der Waals surface area (Å²) in [6.07, 6.45) is 4.81. The zero-order chi connectivity index (χ0) is 8.10. The molecule has 0 fully saturated rings. The first-order valence-electron chi connectivity index (χ1n) is 4.00. The van der Waals surface area contributed by atoms with E-state index >= 15 is 0 Å². The van der Waals surface area contributed by atoms with Crippen molar-refractivity contribution in [2.45, 2.75) is 13.3 Å². The molecule has 3 nitrogen and oxygen atoms in total. The van der Waals surface area contributed by atoms with E-state index in [2.05, 4.69) is 21.8 Å². The molecule has 0 radical (unpaired) electrons. The van der Waals surface area contributed by atoms with Crippen LogP contribution in [-0.4, -0.2) is 22.6 Å². The maximum absolute atomic E-state index is 4.04. The van der Waals surface area contributed by atoms with E-state index < -0.39 is 0 Å². The van der Waals surface area contributed by atoms with Crippen molar-refractivity contribution in [3.8, 4) is 0 Å². The van der Waals surface area contributed by atoms with Gasteiger partial charge in [0.1, 0.15) is 0 Å². The summed E-state index contributed by atoms with van der Waals surface area (Å²) in [5, 5.41) is 3.27. The Morgan fingerprint density at radius 3 is 3.00 bits per heavy atom. The molecule has 1 rings (SSSR count). The zero-order valence-corrected chi connectivity index (χ0v) is 7.17. The smallest absolute Gasteiger partial charge is 0.0945 e. The van der Waals surface area contributed by atoms with Gasteiger partial charge in [0, 0.05) is 31.9 Å². The van der Waals surface area contributed by atoms with Crippen LogP contribution >= 0.6 is 0 Å². The molecule has 0 aromatic carbocycles. The van der Waals surface area contributed by atoms with Gasteiger partial charge >= 0.3 is 0 Å². The Kier molecular flexibility index (Phi) is 3.11. The first-order chi connectivity index (χ1) is 5.34. The Morgan fingerprint density at radius 1 is 1.64 bits per heavy atom. The van der Waals surface area contributed by atoms with Gasteiger partial charge in [-0.25, -0.2) is 4.98 Å². The van der Waals surface area contributed by atoms with E-state index in [1.165, 1.54) is 5.69 Å². The van der Waals surface area contributed by atoms with Crippen molar-refractivity contribution >= 4 is 0 Å². The monoisotopic (exact) mass is 153 g/mol. The fourth-order valence-electron chi connectivity index (χ4n) is 1.02. The van der Waals surface area contributed by atoms with E-state index in [9.17, 15) is 0 Å². The summed E-state index contributed by atoms with van der Waals surface area (Å²) < 4.78 is 2.05. The topological polar surface area (TPSA) is 29.9 Å². The summed E-state index contributed by atoms with van der Waals surface area (Å²) in [7, 11) is 2.02. The third kappa shape index (κ3) is 2.35. The molecule has 0 aliphatic carbocycles. The van der Waals surface area contributed by atoms with Crippen molar-refractivity contribution in [2.75, 3.05) is 13.1 Å². The first-order valence-corrected chi connectivity index (χ1v) is 4.00. The third-order valence-corrected chi connectivity index (χ3v) is 1.72. The van der Waals surface area contributed by atoms with Gasteiger partial charge in [0.2, 0.25) is 0 Å². The summed E-state index contributed by atoms with van der Waals surface area (Å²) in [5.41, 5.74) is 1.28. The van der Waals surface area contributed by atoms with E-state index in [4.69, 9.17) is 0 Å². The molecular formula is C8H15N3. The van der Waals surface area contributed by atoms with Gasteiger partial charge in [0.05, 0.1) is 6.33 Å². The molecule has 0 saturated carbocycles. The first kappa shape index (κ1) is 8.27. The van der Waals surface area contributed by atoms with Crippen molar-refractivity contribution in [1.82, 2.24) is 14.9 Å². The largest absolute Gasteiger partial charge is 0.338 e. The summed E-state index contributed by atoms with van der Waals surface area (Å²) in [4.78, 5) is 4.04. The number of nitrogens with one attached hydrogen (secondary N) is 1. The molecule has 0 aliphatic rings. The fourth-order valence-corrected chi connectivity index (χ4v) is 1.02. The Labute approximate surface area is 67.4 Å². The van der Waals surface area contributed by atoms with Crippen molar-refractivity contribution in [1.29, 1.82) is 0 Å². The molecule has 0 atom stereocenters. The van der Waals surface area contributed by atoms with Crippen LogP contribution in [0, 0.1) is 0 Å². The highest BCUT2D eigenvalue weighted by molar-refractivity contribution is 4.97. The van der Waals surface area contributed by atoms with Crippen LogP contribution in [0.2, 0.25) is 0 Å². The molecule has 0 aliphatic heterocycles. The minimum absolute atomic E-state index is 1.04. The van der Waals surface area contributed by atoms with E-state index in [0.29, 0.717) is 0 Å². The number of hydrogen-bond acceptors (Lipinski definition) is 2. The second kappa shape index (κ2) is 4.13. The predicted molar refractivity (Wildman–Crippen MR) is 45.5 cm³/mol. The maximum atomic E-state index is 4.04. The van der Waals surface area contributed by atoms with E-state index in [1.807, 2.05) is 19.6 Å². The molecule has 0 bridgehead atoms. The van der Waals surface area contributed by atoms with Gasteiger partial charge in [0.15, 0.2) is 0 Å². The van der Waals surface area contributed by atoms with Crippen molar-refractivity contribution in [3.05, 3.63) is 18.2 Å². The van der Waals surface area contributed by atoms with Gasteiger partial charge in [-0.2, -0.15) is 0 Å². The van der Waals surface area contributed by atoms with Crippen LogP contribution in [0.15, 0.2) is 12.5 Å². The number of likely N-dealkylation sites (N-methyl/N-ethyl adjacent to an activating group) is 1. The van der Waals surface area contributed by atoms with E-state index in [-0.39, 0.29) is 0 Å². The number of aromatic nitrogens is 2. The van der Waals surface area contributed by atoms with Crippen LogP contribution < -0.4 is 5.32 Å². The predicted octanol–water partition coefficient (Wildman–Crippen LogP) is 0.572. The van der Waals surface area contributed by atoms with Crippen LogP contribution in [0.4, 0.5) is 0 Å². The lowest BCUT2D eigenvalue weighted by molar-refractivity contribution is 0.689. The molecule has 1 N–H and O–H groups in total. The third-order valence-electron chi connectivity index (χ3n) is 1.72. The Bertz CT molecular complexity index is 205. The summed E-state index contributed by atoms with van der Waals surface area (Å²) >= 11 is 0. The van der Waals surface area contributed by atoms with Crippen LogP contribution in [0.5, 0.6) is 0 Å². The molecule has 62 valence electrons. The van der Waals surface area contributed by atoms with Gasteiger partial charge in [-0.1, -0.05) is 6.92 Å². The molecule has 1 aromatic heterocycles. The average Bonchev–Trinajstić information content (AvgIpc) is 2.37. The van der Waals surface area contributed by atoms with Gasteiger partial charge in [-0.3, -0.25) is 0 Å². The molecular weight excluding hydrogens is 138 g/mol. The van der Waals surface area contributed by atoms with Crippen LogP contribution in [-0.2, 0) is 13.5 Å². The summed E-state index contributed by atoms with van der Waals surface area (Å²) in [6.45, 7) is 4.19. The van der Waals surface area contributed by atoms with Crippen LogP contribution in [0.1, 0.15) is 12.6 Å². The Morgan fingerprint density at radius 2 is 2.45 bits per heavy atom. The quantitative estimate of drug-likeness (QED) is 0.641. The lowest BCUT2D eigenvalue weighted by Gasteiger charge is -2.01. The molecule has 11 heavy (non-hydrogen) atoms. The highest BCUT2D eigenvalue weighted by Gasteiger charge is 1.95. The molecule has 3 heteroatoms. The van der Waals surface area contributed by atoms with E-state index in [0.717, 1.165) is 19.5 Å². The van der Waals surface area contributed by atoms with Gasteiger partial charge in [0.25, 0.3) is 0 Å². The zero-order valence-electron chi connectivity index (χ0n) is 7.17. The standard InChI is InChI=1S/C8H15N3/c1-3-9-5-4-8-6-10-7-11(8)2/h6-7,9H,3-5H2,1-2H3. The molecule has 0 unspecified atom stereocenters. The van der Waals surface area contributed by atoms with Gasteiger partial charge in [-0.15, -0.1) is 0 Å². The number of hydrogen-bond donors (Lipinski definition) is 1. The minimum Gasteiger partial charge on any atom is -0.338 e. The molecule has 1 aromatic rings. The van der Waals surface area contributed by atoms with Crippen molar-refractivity contribution in [2.24, 2.45) is 7.05 Å². The highest BCUT2D eigenvalue weighted by atomic mass is 15.0. The van der Waals surface area contributed by atoms with Gasteiger partial charge < -0.3 is 9.88 Å². The molecule has 0 spiro atoms. The molecule has 0 amide bonds. The van der Waals surface area contributed by atoms with Gasteiger partial charge in [-0.05, 0) is 6.54 Å². The SMILES string of the molecule is CCNCCc1cncn1C. The number of imidazole rings is 1. The molecule has 1 heterocycles. The number of nitrogens with zero attached hydrogens (tertiary/aromatic N) is 2. The number of rotatable bonds is 4. The second-order valence-corrected chi connectivity index (χ2v) is 2.60. The second-order valence-electron chi connectivity index (χ2n) is 2.60. The lowest BCUT2D eigenvalue weighted by Crippen LogP contribution is -2.17. The Hall–Kier alpha value is -0.830. The lowest BCUT2D eigenvalue weighted by atomic mass is 10.3. The summed E-state index contributed by atoms with van der Waals surface area (Å²) in [6, 6.07) is 0. The van der Waals surface area contributed by atoms with Crippen molar-refractivity contribution in [3.63, 3.8) is 0 Å². The average molecular weight is 153 g/mol. The highest BCUT2D eigenvalue weighted by Crippen LogP contribution is 1.95. The minimum atomic E-state index is 1.04. The van der Waals surface area contributed by atoms with Crippen LogP contribution in [0.25, 0.3) is 0 Å². The molecule has 0 saturated heterocycles.